The first-order valence-corrected chi connectivity index (χ1v) is 17.4. The maximum atomic E-state index is 13.7. The molecule has 0 aromatic carbocycles. The Balaban J connectivity index is 3.26. The number of allylic oxidation sites excluding steroid dienone is 1. The maximum absolute atomic E-state index is 13.7. The van der Waals surface area contributed by atoms with Crippen LogP contribution in [0.1, 0.15) is 54.5 Å². The van der Waals surface area contributed by atoms with Crippen molar-refractivity contribution in [3.05, 3.63) is 67.9 Å². The minimum Gasteiger partial charge on any atom is -0.461 e. The van der Waals surface area contributed by atoms with Crippen LogP contribution in [-0.2, 0) is 55.9 Å². The summed E-state index contributed by atoms with van der Waals surface area (Å²) in [6, 6.07) is -1.86. The van der Waals surface area contributed by atoms with E-state index in [0.717, 1.165) is 17.7 Å². The summed E-state index contributed by atoms with van der Waals surface area (Å²) in [5.74, 6) is -1.95. The molecule has 21 nitrogen and oxygen atoms in total. The Bertz CT molecular complexity index is 1720. The fraction of sp³-hybridized carbons (Fsp3) is 0.571. The van der Waals surface area contributed by atoms with E-state index in [1.54, 1.807) is 34.6 Å². The van der Waals surface area contributed by atoms with Gasteiger partial charge in [-0.3, -0.25) is 0 Å². The number of likely N-dealkylation sites (N-methyl/N-ethyl adjacent to an activating group) is 1. The van der Waals surface area contributed by atoms with Gasteiger partial charge in [0.2, 0.25) is 0 Å². The lowest BCUT2D eigenvalue weighted by Crippen LogP contribution is -2.57. The summed E-state index contributed by atoms with van der Waals surface area (Å²) in [7, 11) is 1.41. The average molecular weight is 797 g/mol. The van der Waals surface area contributed by atoms with Crippen molar-refractivity contribution in [2.24, 2.45) is 0 Å². The molecule has 21 heteroatoms. The Kier molecular flexibility index (Phi) is 20.2. The molecule has 1 heterocycles. The van der Waals surface area contributed by atoms with Crippen LogP contribution in [0.15, 0.2) is 50.8 Å². The lowest BCUT2D eigenvalue weighted by molar-refractivity contribution is -0.146. The van der Waals surface area contributed by atoms with E-state index in [4.69, 9.17) is 28.4 Å². The van der Waals surface area contributed by atoms with Gasteiger partial charge in [0.05, 0.1) is 38.3 Å². The summed E-state index contributed by atoms with van der Waals surface area (Å²) < 4.78 is 32.5. The van der Waals surface area contributed by atoms with Gasteiger partial charge in [-0.05, 0) is 48.5 Å². The summed E-state index contributed by atoms with van der Waals surface area (Å²) in [6.45, 7) is 14.9. The highest BCUT2D eigenvalue weighted by molar-refractivity contribution is 5.88. The molecule has 0 saturated carbocycles. The van der Waals surface area contributed by atoms with Crippen molar-refractivity contribution in [2.45, 2.75) is 85.8 Å². The number of hydrogen-bond acceptors (Lipinski definition) is 15. The highest BCUT2D eigenvalue weighted by Crippen LogP contribution is 2.15. The Hall–Kier alpha value is -6.15. The number of carbonyl (C=O) groups is 6. The molecule has 0 aliphatic carbocycles. The summed E-state index contributed by atoms with van der Waals surface area (Å²) in [5, 5.41) is 4.61. The first-order chi connectivity index (χ1) is 26.3. The van der Waals surface area contributed by atoms with Crippen LogP contribution in [0, 0.1) is 0 Å². The topological polar surface area (TPSA) is 251 Å². The third-order valence-corrected chi connectivity index (χ3v) is 8.30. The smallest absolute Gasteiger partial charge is 0.410 e. The SMILES string of the molecule is C=CC(=O)OCCNC(=O)OCCn1c(=O)n(CCOC(=O)NCCOC(=O)C=C)c(=O)n(C(C)C(C)OC(=O)N(C)C(C)C(C)OC(=O)C(C)=C(C)C)c1=O. The van der Waals surface area contributed by atoms with Gasteiger partial charge in [-0.25, -0.2) is 56.9 Å². The molecule has 2 N–H and O–H groups in total. The number of rotatable bonds is 21. The minimum atomic E-state index is -1.19. The van der Waals surface area contributed by atoms with E-state index in [9.17, 15) is 43.2 Å². The van der Waals surface area contributed by atoms with Crippen molar-refractivity contribution in [3.8, 4) is 0 Å². The number of aromatic nitrogens is 3. The van der Waals surface area contributed by atoms with E-state index in [1.807, 2.05) is 0 Å². The van der Waals surface area contributed by atoms with Gasteiger partial charge < -0.3 is 44.0 Å². The number of hydrogen-bond donors (Lipinski definition) is 2. The first kappa shape index (κ1) is 47.9. The van der Waals surface area contributed by atoms with Crippen LogP contribution in [0.3, 0.4) is 0 Å². The molecule has 0 spiro atoms. The molecule has 4 atom stereocenters. The monoisotopic (exact) mass is 796 g/mol. The van der Waals surface area contributed by atoms with Crippen LogP contribution in [0.5, 0.6) is 0 Å². The molecule has 56 heavy (non-hydrogen) atoms. The minimum absolute atomic E-state index is 0.120. The van der Waals surface area contributed by atoms with Crippen LogP contribution < -0.4 is 27.7 Å². The summed E-state index contributed by atoms with van der Waals surface area (Å²) in [6.07, 6.45) is -2.85. The molecule has 0 radical (unpaired) electrons. The molecular weight excluding hydrogens is 744 g/mol. The van der Waals surface area contributed by atoms with Crippen molar-refractivity contribution in [2.75, 3.05) is 46.6 Å². The molecule has 1 aromatic heterocycles. The maximum Gasteiger partial charge on any atom is 0.410 e. The number of alkyl carbamates (subject to hydrolysis) is 2. The van der Waals surface area contributed by atoms with Crippen LogP contribution >= 0.6 is 0 Å². The summed E-state index contributed by atoms with van der Waals surface area (Å²) in [5.41, 5.74) is -2.20. The molecule has 312 valence electrons. The molecular formula is C35H52N6O15. The quantitative estimate of drug-likeness (QED) is 0.0755. The third kappa shape index (κ3) is 14.9. The van der Waals surface area contributed by atoms with Gasteiger partial charge in [0, 0.05) is 24.8 Å². The Morgan fingerprint density at radius 3 is 1.54 bits per heavy atom. The molecule has 0 aliphatic heterocycles. The van der Waals surface area contributed by atoms with E-state index in [2.05, 4.69) is 23.8 Å². The number of esters is 3. The van der Waals surface area contributed by atoms with E-state index >= 15 is 0 Å². The fourth-order valence-electron chi connectivity index (χ4n) is 4.26. The van der Waals surface area contributed by atoms with Gasteiger partial charge >= 0.3 is 53.3 Å². The Labute approximate surface area is 322 Å². The van der Waals surface area contributed by atoms with Gasteiger partial charge in [-0.15, -0.1) is 0 Å². The van der Waals surface area contributed by atoms with Crippen LogP contribution in [-0.4, -0.2) is 120 Å². The standard InChI is InChI=1S/C35H52N6O15/c1-11-27(42)51-17-13-36-30(45)53-19-15-39-32(47)40(16-20-54-31(46)37-14-18-52-28(43)12-2)34(49)41(33(39)48)24(7)26(9)56-35(50)38(10)23(6)25(8)55-29(44)22(5)21(3)4/h11-12,23-26H,1-2,13-20H2,3-10H3,(H,36,45)(H,37,46). The molecule has 0 fully saturated rings. The second kappa shape index (κ2) is 23.6. The predicted octanol–water partition coefficient (Wildman–Crippen LogP) is 0.777. The van der Waals surface area contributed by atoms with Crippen LogP contribution in [0.25, 0.3) is 0 Å². The number of nitrogens with zero attached hydrogens (tertiary/aromatic N) is 4. The number of nitrogens with one attached hydrogen (secondary N) is 2. The summed E-state index contributed by atoms with van der Waals surface area (Å²) >= 11 is 0. The molecule has 3 amide bonds. The Morgan fingerprint density at radius 1 is 0.679 bits per heavy atom. The van der Waals surface area contributed by atoms with Crippen molar-refractivity contribution in [3.63, 3.8) is 0 Å². The third-order valence-electron chi connectivity index (χ3n) is 8.30. The van der Waals surface area contributed by atoms with E-state index in [0.29, 0.717) is 19.3 Å². The van der Waals surface area contributed by atoms with Crippen LogP contribution in [0.4, 0.5) is 14.4 Å². The second-order valence-corrected chi connectivity index (χ2v) is 12.3. The zero-order valence-electron chi connectivity index (χ0n) is 32.9. The molecule has 1 aromatic rings. The van der Waals surface area contributed by atoms with Crippen molar-refractivity contribution < 1.29 is 57.2 Å². The number of ether oxygens (including phenoxy) is 6. The molecule has 0 bridgehead atoms. The molecule has 0 aliphatic rings. The van der Waals surface area contributed by atoms with Crippen molar-refractivity contribution in [1.29, 1.82) is 0 Å². The largest absolute Gasteiger partial charge is 0.461 e. The van der Waals surface area contributed by atoms with Gasteiger partial charge in [-0.2, -0.15) is 0 Å². The lowest BCUT2D eigenvalue weighted by Gasteiger charge is -2.31. The number of carbonyl (C=O) groups excluding carboxylic acids is 6. The first-order valence-electron chi connectivity index (χ1n) is 17.4. The van der Waals surface area contributed by atoms with Crippen molar-refractivity contribution >= 4 is 36.2 Å². The molecule has 1 rings (SSSR count). The zero-order valence-corrected chi connectivity index (χ0v) is 32.9. The number of amides is 3. The van der Waals surface area contributed by atoms with E-state index < -0.39 is 104 Å². The molecule has 0 saturated heterocycles. The zero-order chi connectivity index (χ0) is 42.7. The summed E-state index contributed by atoms with van der Waals surface area (Å²) in [4.78, 5) is 114. The van der Waals surface area contributed by atoms with Gasteiger partial charge in [-0.1, -0.05) is 18.7 Å². The van der Waals surface area contributed by atoms with Crippen LogP contribution in [0.2, 0.25) is 0 Å². The fourth-order valence-corrected chi connectivity index (χ4v) is 4.26. The van der Waals surface area contributed by atoms with Gasteiger partial charge in [0.15, 0.2) is 0 Å². The van der Waals surface area contributed by atoms with Crippen molar-refractivity contribution in [1.82, 2.24) is 29.2 Å². The molecule has 4 unspecified atom stereocenters. The Morgan fingerprint density at radius 2 is 1.12 bits per heavy atom. The van der Waals surface area contributed by atoms with Gasteiger partial charge in [0.25, 0.3) is 0 Å². The normalized spacial score (nSPS) is 12.6. The van der Waals surface area contributed by atoms with E-state index in [-0.39, 0.29) is 26.3 Å². The highest BCUT2D eigenvalue weighted by atomic mass is 16.6. The van der Waals surface area contributed by atoms with Gasteiger partial charge in [0.1, 0.15) is 38.6 Å². The lowest BCUT2D eigenvalue weighted by atomic mass is 10.1. The predicted molar refractivity (Wildman–Crippen MR) is 198 cm³/mol. The van der Waals surface area contributed by atoms with E-state index in [1.165, 1.54) is 25.8 Å². The average Bonchev–Trinajstić information content (AvgIpc) is 3.16. The highest BCUT2D eigenvalue weighted by Gasteiger charge is 2.30. The second-order valence-electron chi connectivity index (χ2n) is 12.3.